The fraction of sp³-hybridized carbons (Fsp3) is 0.381. The van der Waals surface area contributed by atoms with E-state index >= 15 is 0 Å². The highest BCUT2D eigenvalue weighted by atomic mass is 35.5. The minimum atomic E-state index is 0.0281. The first-order chi connectivity index (χ1) is 12.5. The minimum absolute atomic E-state index is 0.0281. The molecule has 1 N–H and O–H groups in total. The van der Waals surface area contributed by atoms with Gasteiger partial charge >= 0.3 is 0 Å². The summed E-state index contributed by atoms with van der Waals surface area (Å²) in [6, 6.07) is 12.3. The van der Waals surface area contributed by atoms with Gasteiger partial charge in [0.2, 0.25) is 5.91 Å². The van der Waals surface area contributed by atoms with Crippen LogP contribution in [0, 0.1) is 0 Å². The van der Waals surface area contributed by atoms with E-state index in [1.54, 1.807) is 17.8 Å². The Morgan fingerprint density at radius 1 is 1.08 bits per heavy atom. The molecule has 0 fully saturated rings. The largest absolute Gasteiger partial charge is 0.349 e. The molecule has 0 bridgehead atoms. The number of fused-ring (bicyclic) bond motifs is 1. The van der Waals surface area contributed by atoms with Gasteiger partial charge in [-0.05, 0) is 67.0 Å². The van der Waals surface area contributed by atoms with Crippen LogP contribution in [0.1, 0.15) is 48.1 Å². The van der Waals surface area contributed by atoms with E-state index < -0.39 is 0 Å². The van der Waals surface area contributed by atoms with Crippen LogP contribution in [0.25, 0.3) is 0 Å². The molecule has 0 aromatic heterocycles. The van der Waals surface area contributed by atoms with E-state index in [0.29, 0.717) is 15.8 Å². The molecule has 0 aliphatic heterocycles. The van der Waals surface area contributed by atoms with Crippen LogP contribution in [0.3, 0.4) is 0 Å². The van der Waals surface area contributed by atoms with Crippen LogP contribution < -0.4 is 5.32 Å². The van der Waals surface area contributed by atoms with E-state index in [1.807, 2.05) is 19.1 Å². The Kier molecular flexibility index (Phi) is 6.91. The molecule has 2 aromatic carbocycles. The van der Waals surface area contributed by atoms with Gasteiger partial charge in [0.05, 0.1) is 21.8 Å². The number of nitrogens with one attached hydrogen (secondary N) is 1. The van der Waals surface area contributed by atoms with Crippen LogP contribution in [-0.2, 0) is 23.4 Å². The quantitative estimate of drug-likeness (QED) is 0.637. The topological polar surface area (TPSA) is 29.1 Å². The Hall–Kier alpha value is -1.16. The molecule has 2 nitrogen and oxygen atoms in total. The number of thioether (sulfide) groups is 1. The molecule has 138 valence electrons. The minimum Gasteiger partial charge on any atom is -0.349 e. The van der Waals surface area contributed by atoms with Gasteiger partial charge in [-0.2, -0.15) is 0 Å². The van der Waals surface area contributed by atoms with Crippen LogP contribution in [0.2, 0.25) is 10.0 Å². The third-order valence-corrected chi connectivity index (χ3v) is 6.48. The number of halogens is 2. The van der Waals surface area contributed by atoms with E-state index in [1.165, 1.54) is 36.0 Å². The summed E-state index contributed by atoms with van der Waals surface area (Å²) in [7, 11) is 0. The molecule has 26 heavy (non-hydrogen) atoms. The molecule has 1 atom stereocenters. The van der Waals surface area contributed by atoms with Gasteiger partial charge in [-0.15, -0.1) is 11.8 Å². The molecule has 0 saturated heterocycles. The number of hydrogen-bond acceptors (Lipinski definition) is 2. The third kappa shape index (κ3) is 5.18. The molecule has 1 aliphatic rings. The molecule has 5 heteroatoms. The van der Waals surface area contributed by atoms with E-state index in [4.69, 9.17) is 23.2 Å². The van der Waals surface area contributed by atoms with Crippen molar-refractivity contribution in [1.29, 1.82) is 0 Å². The Labute approximate surface area is 169 Å². The molecule has 0 heterocycles. The van der Waals surface area contributed by atoms with E-state index in [9.17, 15) is 4.79 Å². The molecular formula is C21H23Cl2NOS. The van der Waals surface area contributed by atoms with Gasteiger partial charge in [-0.25, -0.2) is 0 Å². The molecule has 1 amide bonds. The Bertz CT molecular complexity index is 794. The molecule has 0 unspecified atom stereocenters. The summed E-state index contributed by atoms with van der Waals surface area (Å²) in [6.07, 6.45) is 4.89. The van der Waals surface area contributed by atoms with Crippen molar-refractivity contribution >= 4 is 40.9 Å². The van der Waals surface area contributed by atoms with Gasteiger partial charge < -0.3 is 5.32 Å². The second-order valence-corrected chi connectivity index (χ2v) is 8.57. The lowest BCUT2D eigenvalue weighted by atomic mass is 9.89. The number of benzene rings is 2. The molecule has 0 spiro atoms. The van der Waals surface area contributed by atoms with Crippen LogP contribution in [-0.4, -0.2) is 11.7 Å². The monoisotopic (exact) mass is 407 g/mol. The maximum Gasteiger partial charge on any atom is 0.230 e. The van der Waals surface area contributed by atoms with E-state index in [-0.39, 0.29) is 11.9 Å². The zero-order valence-corrected chi connectivity index (χ0v) is 17.2. The van der Waals surface area contributed by atoms with Crippen molar-refractivity contribution in [3.05, 3.63) is 68.7 Å². The van der Waals surface area contributed by atoms with Gasteiger partial charge in [0.1, 0.15) is 0 Å². The fourth-order valence-electron chi connectivity index (χ4n) is 3.28. The second kappa shape index (κ2) is 9.16. The van der Waals surface area contributed by atoms with E-state index in [2.05, 4.69) is 23.5 Å². The molecule has 2 aromatic rings. The first kappa shape index (κ1) is 19.6. The average molecular weight is 408 g/mol. The zero-order valence-electron chi connectivity index (χ0n) is 14.9. The highest BCUT2D eigenvalue weighted by Gasteiger charge is 2.14. The number of carbonyl (C=O) groups is 1. The predicted molar refractivity (Wildman–Crippen MR) is 112 cm³/mol. The molecule has 1 aliphatic carbocycles. The van der Waals surface area contributed by atoms with Gasteiger partial charge in [0.15, 0.2) is 0 Å². The van der Waals surface area contributed by atoms with Gasteiger partial charge in [-0.3, -0.25) is 4.79 Å². The van der Waals surface area contributed by atoms with Crippen molar-refractivity contribution in [2.45, 2.75) is 44.4 Å². The number of aryl methyl sites for hydroxylation is 2. The van der Waals surface area contributed by atoms with Gasteiger partial charge in [0.25, 0.3) is 0 Å². The van der Waals surface area contributed by atoms with Crippen molar-refractivity contribution in [2.75, 3.05) is 5.75 Å². The molecule has 3 rings (SSSR count). The van der Waals surface area contributed by atoms with Crippen LogP contribution in [0.15, 0.2) is 36.4 Å². The Morgan fingerprint density at radius 3 is 2.62 bits per heavy atom. The first-order valence-corrected chi connectivity index (χ1v) is 10.9. The summed E-state index contributed by atoms with van der Waals surface area (Å²) in [5.41, 5.74) is 5.17. The number of carbonyl (C=O) groups excluding carboxylic acids is 1. The molecule has 0 radical (unpaired) electrons. The summed E-state index contributed by atoms with van der Waals surface area (Å²) in [4.78, 5) is 12.2. The number of amides is 1. The maximum absolute atomic E-state index is 12.2. The highest BCUT2D eigenvalue weighted by molar-refractivity contribution is 7.99. The average Bonchev–Trinajstić information content (AvgIpc) is 2.64. The smallest absolute Gasteiger partial charge is 0.230 e. The fourth-order valence-corrected chi connectivity index (χ4v) is 4.39. The van der Waals surface area contributed by atoms with Gasteiger partial charge in [0, 0.05) is 5.75 Å². The van der Waals surface area contributed by atoms with Crippen molar-refractivity contribution < 1.29 is 4.79 Å². The summed E-state index contributed by atoms with van der Waals surface area (Å²) >= 11 is 13.5. The van der Waals surface area contributed by atoms with Crippen molar-refractivity contribution in [3.63, 3.8) is 0 Å². The molecular weight excluding hydrogens is 385 g/mol. The zero-order chi connectivity index (χ0) is 18.5. The second-order valence-electron chi connectivity index (χ2n) is 6.77. The number of rotatable bonds is 6. The number of hydrogen-bond donors (Lipinski definition) is 1. The molecule has 0 saturated carbocycles. The van der Waals surface area contributed by atoms with Crippen LogP contribution in [0.4, 0.5) is 0 Å². The third-order valence-electron chi connectivity index (χ3n) is 4.74. The summed E-state index contributed by atoms with van der Waals surface area (Å²) in [6.45, 7) is 2.05. The van der Waals surface area contributed by atoms with Crippen LogP contribution >= 0.6 is 35.0 Å². The summed E-state index contributed by atoms with van der Waals surface area (Å²) in [5.74, 6) is 1.22. The van der Waals surface area contributed by atoms with Crippen molar-refractivity contribution in [2.24, 2.45) is 0 Å². The highest BCUT2D eigenvalue weighted by Crippen LogP contribution is 2.26. The van der Waals surface area contributed by atoms with Gasteiger partial charge in [-0.1, -0.05) is 47.5 Å². The Morgan fingerprint density at radius 2 is 1.85 bits per heavy atom. The van der Waals surface area contributed by atoms with E-state index in [0.717, 1.165) is 17.7 Å². The van der Waals surface area contributed by atoms with Crippen molar-refractivity contribution in [3.8, 4) is 0 Å². The van der Waals surface area contributed by atoms with Crippen molar-refractivity contribution in [1.82, 2.24) is 5.32 Å². The lowest BCUT2D eigenvalue weighted by molar-refractivity contribution is -0.119. The standard InChI is InChI=1S/C21H23Cl2NOS/c1-14(17-8-7-16-4-2-3-5-18(16)11-17)24-21(25)13-26-12-15-6-9-19(22)20(23)10-15/h6-11,14H,2-5,12-13H2,1H3,(H,24,25)/t14-/m1/s1. The SMILES string of the molecule is C[C@@H](NC(=O)CSCc1ccc(Cl)c(Cl)c1)c1ccc2c(c1)CCCC2. The Balaban J connectivity index is 1.49. The lowest BCUT2D eigenvalue weighted by Crippen LogP contribution is -2.28. The predicted octanol–water partition coefficient (Wildman–Crippen LogP) is 5.98. The maximum atomic E-state index is 12.2. The first-order valence-electron chi connectivity index (χ1n) is 8.95. The summed E-state index contributed by atoms with van der Waals surface area (Å²) in [5, 5.41) is 4.21. The lowest BCUT2D eigenvalue weighted by Gasteiger charge is -2.20. The summed E-state index contributed by atoms with van der Waals surface area (Å²) < 4.78 is 0. The normalized spacial score (nSPS) is 14.6. The van der Waals surface area contributed by atoms with Crippen LogP contribution in [0.5, 0.6) is 0 Å².